The Labute approximate surface area is 82.5 Å². The predicted molar refractivity (Wildman–Crippen MR) is 56.5 cm³/mol. The molecule has 0 aromatic heterocycles. The highest BCUT2D eigenvalue weighted by Crippen LogP contribution is 2.51. The van der Waals surface area contributed by atoms with Gasteiger partial charge in [0.25, 0.3) is 0 Å². The normalized spacial score (nSPS) is 40.6. The van der Waals surface area contributed by atoms with Gasteiger partial charge in [-0.3, -0.25) is 0 Å². The third-order valence-electron chi connectivity index (χ3n) is 4.19. The van der Waals surface area contributed by atoms with Crippen molar-refractivity contribution in [2.24, 2.45) is 23.2 Å². The maximum atomic E-state index is 9.94. The Kier molecular flexibility index (Phi) is 3.06. The Morgan fingerprint density at radius 2 is 1.77 bits per heavy atom. The summed E-state index contributed by atoms with van der Waals surface area (Å²) in [5.41, 5.74) is 0.355. The second-order valence-electron chi connectivity index (χ2n) is 5.54. The molecule has 0 amide bonds. The van der Waals surface area contributed by atoms with Gasteiger partial charge in [-0.05, 0) is 36.0 Å². The first-order valence-electron chi connectivity index (χ1n) is 5.57. The van der Waals surface area contributed by atoms with Gasteiger partial charge in [-0.15, -0.1) is 0 Å². The summed E-state index contributed by atoms with van der Waals surface area (Å²) in [6.07, 6.45) is 2.12. The van der Waals surface area contributed by atoms with Crippen LogP contribution in [0.25, 0.3) is 0 Å². The van der Waals surface area contributed by atoms with Crippen LogP contribution in [0, 0.1) is 23.2 Å². The first-order valence-corrected chi connectivity index (χ1v) is 5.57. The van der Waals surface area contributed by atoms with Crippen LogP contribution in [0.1, 0.15) is 47.5 Å². The summed E-state index contributed by atoms with van der Waals surface area (Å²) >= 11 is 0. The van der Waals surface area contributed by atoms with E-state index < -0.39 is 0 Å². The van der Waals surface area contributed by atoms with E-state index in [9.17, 15) is 5.11 Å². The molecule has 3 unspecified atom stereocenters. The molecule has 3 atom stereocenters. The third kappa shape index (κ3) is 1.76. The number of hydrogen-bond acceptors (Lipinski definition) is 1. The highest BCUT2D eigenvalue weighted by molar-refractivity contribution is 4.96. The van der Waals surface area contributed by atoms with E-state index in [4.69, 9.17) is 0 Å². The molecule has 0 bridgehead atoms. The van der Waals surface area contributed by atoms with Crippen LogP contribution in [-0.4, -0.2) is 11.2 Å². The fourth-order valence-electron chi connectivity index (χ4n) is 3.12. The van der Waals surface area contributed by atoms with Crippen LogP contribution in [0.3, 0.4) is 0 Å². The molecule has 0 saturated heterocycles. The second-order valence-corrected chi connectivity index (χ2v) is 5.54. The monoisotopic (exact) mass is 184 g/mol. The van der Waals surface area contributed by atoms with Crippen LogP contribution in [0.5, 0.6) is 0 Å². The smallest absolute Gasteiger partial charge is 0.0576 e. The maximum absolute atomic E-state index is 9.94. The minimum Gasteiger partial charge on any atom is -0.393 e. The average molecular weight is 184 g/mol. The van der Waals surface area contributed by atoms with Crippen molar-refractivity contribution in [2.75, 3.05) is 0 Å². The summed E-state index contributed by atoms with van der Waals surface area (Å²) < 4.78 is 0. The molecule has 0 aromatic carbocycles. The SMILES string of the molecule is CC(C)C1C(O)CCC1(C)C(C)C. The van der Waals surface area contributed by atoms with Gasteiger partial charge in [0, 0.05) is 0 Å². The molecule has 0 radical (unpaired) electrons. The van der Waals surface area contributed by atoms with Gasteiger partial charge in [0.2, 0.25) is 0 Å². The quantitative estimate of drug-likeness (QED) is 0.699. The fourth-order valence-corrected chi connectivity index (χ4v) is 3.12. The largest absolute Gasteiger partial charge is 0.393 e. The van der Waals surface area contributed by atoms with Crippen LogP contribution in [-0.2, 0) is 0 Å². The van der Waals surface area contributed by atoms with Crippen LogP contribution < -0.4 is 0 Å². The lowest BCUT2D eigenvalue weighted by atomic mass is 9.67. The lowest BCUT2D eigenvalue weighted by Gasteiger charge is -2.39. The van der Waals surface area contributed by atoms with Crippen molar-refractivity contribution >= 4 is 0 Å². The zero-order valence-electron chi connectivity index (χ0n) is 9.67. The summed E-state index contributed by atoms with van der Waals surface area (Å²) in [6.45, 7) is 11.4. The minimum absolute atomic E-state index is 0.0626. The van der Waals surface area contributed by atoms with Crippen molar-refractivity contribution in [1.29, 1.82) is 0 Å². The molecule has 1 aliphatic rings. The molecule has 0 aromatic rings. The number of hydrogen-bond donors (Lipinski definition) is 1. The van der Waals surface area contributed by atoms with E-state index in [1.165, 1.54) is 6.42 Å². The summed E-state index contributed by atoms with van der Waals surface area (Å²) in [4.78, 5) is 0. The molecule has 0 heterocycles. The first kappa shape index (κ1) is 11.0. The van der Waals surface area contributed by atoms with Gasteiger partial charge in [-0.1, -0.05) is 34.6 Å². The van der Waals surface area contributed by atoms with Crippen LogP contribution in [0.4, 0.5) is 0 Å². The van der Waals surface area contributed by atoms with E-state index in [-0.39, 0.29) is 6.10 Å². The number of aliphatic hydroxyl groups is 1. The van der Waals surface area contributed by atoms with E-state index in [0.717, 1.165) is 6.42 Å². The molecule has 13 heavy (non-hydrogen) atoms. The molecular formula is C12H24O. The van der Waals surface area contributed by atoms with Gasteiger partial charge >= 0.3 is 0 Å². The van der Waals surface area contributed by atoms with Crippen molar-refractivity contribution in [3.63, 3.8) is 0 Å². The van der Waals surface area contributed by atoms with E-state index >= 15 is 0 Å². The Morgan fingerprint density at radius 3 is 2.08 bits per heavy atom. The lowest BCUT2D eigenvalue weighted by Crippen LogP contribution is -2.35. The lowest BCUT2D eigenvalue weighted by molar-refractivity contribution is 0.0283. The van der Waals surface area contributed by atoms with E-state index in [1.54, 1.807) is 0 Å². The zero-order chi connectivity index (χ0) is 10.2. The van der Waals surface area contributed by atoms with Crippen molar-refractivity contribution in [2.45, 2.75) is 53.6 Å². The molecule has 0 spiro atoms. The maximum Gasteiger partial charge on any atom is 0.0576 e. The van der Waals surface area contributed by atoms with Gasteiger partial charge in [0.1, 0.15) is 0 Å². The van der Waals surface area contributed by atoms with E-state index in [2.05, 4.69) is 34.6 Å². The first-order chi connectivity index (χ1) is 5.89. The number of rotatable bonds is 2. The third-order valence-corrected chi connectivity index (χ3v) is 4.19. The predicted octanol–water partition coefficient (Wildman–Crippen LogP) is 3.08. The van der Waals surface area contributed by atoms with Crippen LogP contribution in [0.2, 0.25) is 0 Å². The topological polar surface area (TPSA) is 20.2 Å². The molecule has 1 N–H and O–H groups in total. The minimum atomic E-state index is -0.0626. The Balaban J connectivity index is 2.86. The summed E-state index contributed by atoms with van der Waals surface area (Å²) in [5.74, 6) is 1.77. The molecule has 1 saturated carbocycles. The van der Waals surface area contributed by atoms with E-state index in [1.807, 2.05) is 0 Å². The van der Waals surface area contributed by atoms with Gasteiger partial charge in [0.05, 0.1) is 6.10 Å². The molecule has 1 fully saturated rings. The van der Waals surface area contributed by atoms with E-state index in [0.29, 0.717) is 23.2 Å². The second kappa shape index (κ2) is 3.61. The molecule has 1 nitrogen and oxygen atoms in total. The molecule has 0 aliphatic heterocycles. The van der Waals surface area contributed by atoms with Gasteiger partial charge in [-0.25, -0.2) is 0 Å². The average Bonchev–Trinajstić information content (AvgIpc) is 2.28. The summed E-state index contributed by atoms with van der Waals surface area (Å²) in [6, 6.07) is 0. The molecule has 1 aliphatic carbocycles. The molecule has 78 valence electrons. The summed E-state index contributed by atoms with van der Waals surface area (Å²) in [7, 11) is 0. The van der Waals surface area contributed by atoms with Crippen molar-refractivity contribution in [3.8, 4) is 0 Å². The van der Waals surface area contributed by atoms with Gasteiger partial charge in [-0.2, -0.15) is 0 Å². The van der Waals surface area contributed by atoms with Gasteiger partial charge in [0.15, 0.2) is 0 Å². The Hall–Kier alpha value is -0.0400. The highest BCUT2D eigenvalue weighted by atomic mass is 16.3. The van der Waals surface area contributed by atoms with Gasteiger partial charge < -0.3 is 5.11 Å². The van der Waals surface area contributed by atoms with Crippen LogP contribution in [0.15, 0.2) is 0 Å². The Bertz CT molecular complexity index is 174. The highest BCUT2D eigenvalue weighted by Gasteiger charge is 2.47. The summed E-state index contributed by atoms with van der Waals surface area (Å²) in [5, 5.41) is 9.94. The molecule has 1 heteroatoms. The zero-order valence-corrected chi connectivity index (χ0v) is 9.67. The fraction of sp³-hybridized carbons (Fsp3) is 1.00. The standard InChI is InChI=1S/C12H24O/c1-8(2)11-10(13)6-7-12(11,5)9(3)4/h8-11,13H,6-7H2,1-5H3. The van der Waals surface area contributed by atoms with Crippen LogP contribution >= 0.6 is 0 Å². The van der Waals surface area contributed by atoms with Crippen molar-refractivity contribution in [3.05, 3.63) is 0 Å². The number of aliphatic hydroxyl groups excluding tert-OH is 1. The molecule has 1 rings (SSSR count). The van der Waals surface area contributed by atoms with Crippen molar-refractivity contribution < 1.29 is 5.11 Å². The molecular weight excluding hydrogens is 160 g/mol. The van der Waals surface area contributed by atoms with Crippen molar-refractivity contribution in [1.82, 2.24) is 0 Å². The Morgan fingerprint density at radius 1 is 1.23 bits per heavy atom.